The van der Waals surface area contributed by atoms with E-state index in [1.807, 2.05) is 12.1 Å². The Kier molecular flexibility index (Phi) is 10.1. The number of methoxy groups -OCH3 is 1. The fourth-order valence-electron chi connectivity index (χ4n) is 2.25. The van der Waals surface area contributed by atoms with Crippen molar-refractivity contribution in [1.29, 1.82) is 0 Å². The molecule has 2 N–H and O–H groups in total. The third kappa shape index (κ3) is 6.48. The smallest absolute Gasteiger partial charge is 0.118 e. The highest BCUT2D eigenvalue weighted by Gasteiger charge is 2.11. The van der Waals surface area contributed by atoms with Crippen LogP contribution in [0.15, 0.2) is 24.3 Å². The molecule has 110 valence electrons. The molecule has 0 spiro atoms. The van der Waals surface area contributed by atoms with Gasteiger partial charge in [-0.1, -0.05) is 12.1 Å². The molecule has 0 aromatic heterocycles. The van der Waals surface area contributed by atoms with Crippen molar-refractivity contribution in [2.45, 2.75) is 19.4 Å². The third-order valence-electron chi connectivity index (χ3n) is 3.38. The van der Waals surface area contributed by atoms with E-state index < -0.39 is 0 Å². The van der Waals surface area contributed by atoms with Gasteiger partial charge < -0.3 is 40.2 Å². The minimum Gasteiger partial charge on any atom is -1.00 e. The van der Waals surface area contributed by atoms with Crippen molar-refractivity contribution in [2.75, 3.05) is 26.7 Å². The number of benzene rings is 1. The molecule has 1 fully saturated rings. The summed E-state index contributed by atoms with van der Waals surface area (Å²) in [5.41, 5.74) is 1.32. The Morgan fingerprint density at radius 1 is 1.16 bits per heavy atom. The first kappa shape index (κ1) is 18.5. The standard InChI is InChI=1S/C14H22N2O.2ClH/c1-17-14-4-2-12(3-5-14)10-16-11-13-6-8-15-9-7-13;;/h2-5,13,15-16H,6-11H2,1H3;2*1H/p-2. The van der Waals surface area contributed by atoms with Crippen LogP contribution in [0.25, 0.3) is 0 Å². The van der Waals surface area contributed by atoms with Crippen molar-refractivity contribution in [3.05, 3.63) is 29.8 Å². The second-order valence-corrected chi connectivity index (χ2v) is 4.67. The van der Waals surface area contributed by atoms with Gasteiger partial charge in [0.2, 0.25) is 0 Å². The molecule has 1 saturated heterocycles. The molecule has 0 aliphatic carbocycles. The van der Waals surface area contributed by atoms with E-state index in [4.69, 9.17) is 4.74 Å². The van der Waals surface area contributed by atoms with E-state index in [0.717, 1.165) is 24.8 Å². The average molecular weight is 305 g/mol. The molecule has 3 nitrogen and oxygen atoms in total. The molecule has 0 atom stereocenters. The highest BCUT2D eigenvalue weighted by atomic mass is 35.5. The number of nitrogens with one attached hydrogen (secondary N) is 2. The number of rotatable bonds is 5. The average Bonchev–Trinajstić information content (AvgIpc) is 2.41. The van der Waals surface area contributed by atoms with E-state index in [0.29, 0.717) is 0 Å². The summed E-state index contributed by atoms with van der Waals surface area (Å²) >= 11 is 0. The first-order chi connectivity index (χ1) is 8.38. The fourth-order valence-corrected chi connectivity index (χ4v) is 2.25. The lowest BCUT2D eigenvalue weighted by Gasteiger charge is -2.22. The quantitative estimate of drug-likeness (QED) is 0.579. The summed E-state index contributed by atoms with van der Waals surface area (Å²) in [6.45, 7) is 4.44. The second-order valence-electron chi connectivity index (χ2n) is 4.67. The van der Waals surface area contributed by atoms with Crippen molar-refractivity contribution in [3.63, 3.8) is 0 Å². The Morgan fingerprint density at radius 2 is 1.79 bits per heavy atom. The summed E-state index contributed by atoms with van der Waals surface area (Å²) < 4.78 is 5.14. The molecule has 2 rings (SSSR count). The summed E-state index contributed by atoms with van der Waals surface area (Å²) in [7, 11) is 1.70. The number of piperidine rings is 1. The Hall–Kier alpha value is -0.480. The molecule has 5 heteroatoms. The molecule has 19 heavy (non-hydrogen) atoms. The lowest BCUT2D eigenvalue weighted by Crippen LogP contribution is -3.00. The van der Waals surface area contributed by atoms with Crippen LogP contribution in [0.1, 0.15) is 18.4 Å². The van der Waals surface area contributed by atoms with E-state index >= 15 is 0 Å². The lowest BCUT2D eigenvalue weighted by atomic mass is 9.98. The van der Waals surface area contributed by atoms with E-state index in [9.17, 15) is 0 Å². The topological polar surface area (TPSA) is 33.3 Å². The Bertz CT molecular complexity index is 327. The summed E-state index contributed by atoms with van der Waals surface area (Å²) in [5.74, 6) is 1.77. The van der Waals surface area contributed by atoms with Crippen LogP contribution in [-0.2, 0) is 6.54 Å². The Labute approximate surface area is 128 Å². The van der Waals surface area contributed by atoms with Gasteiger partial charge in [0, 0.05) is 6.54 Å². The molecule has 1 aromatic carbocycles. The molecule has 1 aromatic rings. The number of ether oxygens (including phenoxy) is 1. The Morgan fingerprint density at radius 3 is 2.37 bits per heavy atom. The van der Waals surface area contributed by atoms with Gasteiger partial charge in [-0.2, -0.15) is 0 Å². The van der Waals surface area contributed by atoms with Crippen molar-refractivity contribution < 1.29 is 29.6 Å². The lowest BCUT2D eigenvalue weighted by molar-refractivity contribution is -0.001000. The fraction of sp³-hybridized carbons (Fsp3) is 0.571. The zero-order valence-corrected chi connectivity index (χ0v) is 12.8. The summed E-state index contributed by atoms with van der Waals surface area (Å²) in [4.78, 5) is 0. The van der Waals surface area contributed by atoms with Gasteiger partial charge in [-0.15, -0.1) is 0 Å². The largest absolute Gasteiger partial charge is 1.00 e. The van der Waals surface area contributed by atoms with Gasteiger partial charge in [-0.3, -0.25) is 0 Å². The van der Waals surface area contributed by atoms with Crippen LogP contribution in [0.2, 0.25) is 0 Å². The van der Waals surface area contributed by atoms with Crippen molar-refractivity contribution in [2.24, 2.45) is 5.92 Å². The van der Waals surface area contributed by atoms with Crippen LogP contribution in [0.3, 0.4) is 0 Å². The van der Waals surface area contributed by atoms with Crippen molar-refractivity contribution in [1.82, 2.24) is 10.6 Å². The number of hydrogen-bond donors (Lipinski definition) is 2. The van der Waals surface area contributed by atoms with Gasteiger partial charge in [-0.05, 0) is 56.1 Å². The summed E-state index contributed by atoms with van der Waals surface area (Å²) in [6.07, 6.45) is 2.60. The Balaban J connectivity index is 0.00000162. The SMILES string of the molecule is COc1ccc(CNCC2CCNCC2)cc1.[Cl-].[Cl-]. The van der Waals surface area contributed by atoms with Gasteiger partial charge >= 0.3 is 0 Å². The van der Waals surface area contributed by atoms with Crippen molar-refractivity contribution >= 4 is 0 Å². The number of hydrogen-bond acceptors (Lipinski definition) is 3. The second kappa shape index (κ2) is 10.3. The first-order valence-corrected chi connectivity index (χ1v) is 6.43. The first-order valence-electron chi connectivity index (χ1n) is 6.43. The molecule has 0 amide bonds. The maximum Gasteiger partial charge on any atom is 0.118 e. The van der Waals surface area contributed by atoms with Gasteiger partial charge in [0.15, 0.2) is 0 Å². The predicted octanol–water partition coefficient (Wildman–Crippen LogP) is -4.21. The van der Waals surface area contributed by atoms with Crippen LogP contribution in [-0.4, -0.2) is 26.7 Å². The maximum absolute atomic E-state index is 5.14. The maximum atomic E-state index is 5.14. The van der Waals surface area contributed by atoms with E-state index in [-0.39, 0.29) is 24.8 Å². The molecule has 0 saturated carbocycles. The zero-order valence-electron chi connectivity index (χ0n) is 11.3. The van der Waals surface area contributed by atoms with E-state index in [1.165, 1.54) is 31.5 Å². The highest BCUT2D eigenvalue weighted by molar-refractivity contribution is 5.26. The molecule has 1 aliphatic rings. The third-order valence-corrected chi connectivity index (χ3v) is 3.38. The van der Waals surface area contributed by atoms with Gasteiger partial charge in [-0.25, -0.2) is 0 Å². The summed E-state index contributed by atoms with van der Waals surface area (Å²) in [5, 5.41) is 6.93. The van der Waals surface area contributed by atoms with Gasteiger partial charge in [0.05, 0.1) is 7.11 Å². The molecule has 0 radical (unpaired) electrons. The zero-order chi connectivity index (χ0) is 11.9. The van der Waals surface area contributed by atoms with Gasteiger partial charge in [0.25, 0.3) is 0 Å². The minimum atomic E-state index is 0. The molecule has 1 aliphatic heterocycles. The van der Waals surface area contributed by atoms with Crippen LogP contribution in [0.4, 0.5) is 0 Å². The van der Waals surface area contributed by atoms with Crippen LogP contribution >= 0.6 is 0 Å². The van der Waals surface area contributed by atoms with Crippen LogP contribution < -0.4 is 40.2 Å². The molecule has 0 bridgehead atoms. The van der Waals surface area contributed by atoms with Crippen LogP contribution in [0, 0.1) is 5.92 Å². The molecular weight excluding hydrogens is 283 g/mol. The predicted molar refractivity (Wildman–Crippen MR) is 70.3 cm³/mol. The number of halogens is 2. The summed E-state index contributed by atoms with van der Waals surface area (Å²) in [6, 6.07) is 8.27. The molecule has 1 heterocycles. The van der Waals surface area contributed by atoms with Gasteiger partial charge in [0.1, 0.15) is 5.75 Å². The highest BCUT2D eigenvalue weighted by Crippen LogP contribution is 2.12. The normalized spacial score (nSPS) is 15.2. The van der Waals surface area contributed by atoms with Crippen molar-refractivity contribution in [3.8, 4) is 5.75 Å². The van der Waals surface area contributed by atoms with E-state index in [1.54, 1.807) is 7.11 Å². The monoisotopic (exact) mass is 304 g/mol. The van der Waals surface area contributed by atoms with E-state index in [2.05, 4.69) is 22.8 Å². The minimum absolute atomic E-state index is 0. The molecule has 0 unspecified atom stereocenters. The van der Waals surface area contributed by atoms with Crippen LogP contribution in [0.5, 0.6) is 5.75 Å². The molecular formula is C14H22Cl2N2O-2.